The molecule has 1 aromatic heterocycles. The summed E-state index contributed by atoms with van der Waals surface area (Å²) in [4.78, 5) is 4.34. The van der Waals surface area contributed by atoms with Gasteiger partial charge in [0.25, 0.3) is 0 Å². The molecule has 0 saturated heterocycles. The lowest BCUT2D eigenvalue weighted by atomic mass is 10.1. The largest absolute Gasteiger partial charge is 0.391 e. The third kappa shape index (κ3) is 1.99. The topological polar surface area (TPSA) is 38.0 Å². The molecule has 0 aliphatic rings. The first kappa shape index (κ1) is 10.9. The van der Waals surface area contributed by atoms with Crippen LogP contribution in [0.4, 0.5) is 0 Å². The second kappa shape index (κ2) is 4.49. The Morgan fingerprint density at radius 1 is 1.19 bits per heavy atom. The van der Waals surface area contributed by atoms with Gasteiger partial charge in [-0.2, -0.15) is 0 Å². The van der Waals surface area contributed by atoms with Gasteiger partial charge < -0.3 is 9.67 Å². The van der Waals surface area contributed by atoms with E-state index < -0.39 is 6.10 Å². The summed E-state index contributed by atoms with van der Waals surface area (Å²) in [6, 6.07) is 10.0. The molecule has 0 fully saturated rings. The quantitative estimate of drug-likeness (QED) is 0.856. The van der Waals surface area contributed by atoms with Crippen LogP contribution in [-0.2, 0) is 0 Å². The van der Waals surface area contributed by atoms with E-state index in [1.807, 2.05) is 48.0 Å². The number of aliphatic hydroxyl groups is 1. The Kier molecular flexibility index (Phi) is 3.06. The predicted octanol–water partition coefficient (Wildman–Crippen LogP) is 2.49. The highest BCUT2D eigenvalue weighted by atomic mass is 16.3. The average molecular weight is 216 g/mol. The van der Waals surface area contributed by atoms with Crippen molar-refractivity contribution in [2.24, 2.45) is 0 Å². The summed E-state index contributed by atoms with van der Waals surface area (Å²) in [5.74, 6) is 0.897. The van der Waals surface area contributed by atoms with E-state index in [1.54, 1.807) is 13.1 Å². The molecule has 0 amide bonds. The highest BCUT2D eigenvalue weighted by molar-refractivity contribution is 5.55. The van der Waals surface area contributed by atoms with Crippen molar-refractivity contribution in [2.45, 2.75) is 26.0 Å². The molecule has 3 heteroatoms. The monoisotopic (exact) mass is 216 g/mol. The Morgan fingerprint density at radius 2 is 1.88 bits per heavy atom. The molecule has 2 aromatic rings. The molecule has 0 bridgehead atoms. The molecule has 2 unspecified atom stereocenters. The molecule has 16 heavy (non-hydrogen) atoms. The van der Waals surface area contributed by atoms with Crippen LogP contribution in [-0.4, -0.2) is 20.8 Å². The van der Waals surface area contributed by atoms with Gasteiger partial charge in [-0.3, -0.25) is 0 Å². The fraction of sp³-hybridized carbons (Fsp3) is 0.308. The van der Waals surface area contributed by atoms with Gasteiger partial charge in [-0.25, -0.2) is 4.98 Å². The van der Waals surface area contributed by atoms with Gasteiger partial charge >= 0.3 is 0 Å². The first-order valence-electron chi connectivity index (χ1n) is 5.46. The third-order valence-electron chi connectivity index (χ3n) is 2.84. The van der Waals surface area contributed by atoms with Crippen LogP contribution in [0.5, 0.6) is 0 Å². The molecule has 0 aliphatic heterocycles. The number of rotatable bonds is 3. The van der Waals surface area contributed by atoms with Crippen LogP contribution >= 0.6 is 0 Å². The Morgan fingerprint density at radius 3 is 2.50 bits per heavy atom. The number of benzene rings is 1. The van der Waals surface area contributed by atoms with Crippen molar-refractivity contribution in [1.82, 2.24) is 9.55 Å². The van der Waals surface area contributed by atoms with E-state index in [4.69, 9.17) is 0 Å². The van der Waals surface area contributed by atoms with Crippen LogP contribution in [0.15, 0.2) is 42.7 Å². The van der Waals surface area contributed by atoms with Gasteiger partial charge in [0.15, 0.2) is 0 Å². The van der Waals surface area contributed by atoms with Crippen LogP contribution in [0.2, 0.25) is 0 Å². The molecule has 0 spiro atoms. The van der Waals surface area contributed by atoms with Crippen molar-refractivity contribution in [3.05, 3.63) is 42.7 Å². The van der Waals surface area contributed by atoms with Gasteiger partial charge in [0, 0.05) is 18.0 Å². The van der Waals surface area contributed by atoms with Crippen molar-refractivity contribution in [2.75, 3.05) is 0 Å². The molecule has 1 heterocycles. The van der Waals surface area contributed by atoms with Crippen LogP contribution in [0.3, 0.4) is 0 Å². The normalized spacial score (nSPS) is 14.7. The van der Waals surface area contributed by atoms with Crippen molar-refractivity contribution in [3.8, 4) is 11.4 Å². The molecule has 84 valence electrons. The minimum Gasteiger partial charge on any atom is -0.391 e. The summed E-state index contributed by atoms with van der Waals surface area (Å²) in [6.45, 7) is 3.78. The van der Waals surface area contributed by atoms with Crippen molar-refractivity contribution in [3.63, 3.8) is 0 Å². The molecular weight excluding hydrogens is 200 g/mol. The fourth-order valence-electron chi connectivity index (χ4n) is 1.68. The van der Waals surface area contributed by atoms with Crippen molar-refractivity contribution >= 4 is 0 Å². The summed E-state index contributed by atoms with van der Waals surface area (Å²) in [7, 11) is 0. The molecule has 0 aliphatic carbocycles. The van der Waals surface area contributed by atoms with Crippen molar-refractivity contribution < 1.29 is 5.11 Å². The zero-order chi connectivity index (χ0) is 11.5. The highest BCUT2D eigenvalue weighted by Crippen LogP contribution is 2.22. The predicted molar refractivity (Wildman–Crippen MR) is 64.1 cm³/mol. The Hall–Kier alpha value is -1.61. The third-order valence-corrected chi connectivity index (χ3v) is 2.84. The summed E-state index contributed by atoms with van der Waals surface area (Å²) >= 11 is 0. The van der Waals surface area contributed by atoms with Gasteiger partial charge in [0.1, 0.15) is 5.82 Å². The average Bonchev–Trinajstić information content (AvgIpc) is 2.77. The minimum atomic E-state index is -0.392. The molecule has 2 rings (SSSR count). The van der Waals surface area contributed by atoms with Gasteiger partial charge in [0.05, 0.1) is 12.1 Å². The van der Waals surface area contributed by atoms with Crippen LogP contribution in [0.1, 0.15) is 19.9 Å². The SMILES string of the molecule is CC(O)C(C)n1ccnc1-c1ccccc1. The lowest BCUT2D eigenvalue weighted by Gasteiger charge is -2.19. The summed E-state index contributed by atoms with van der Waals surface area (Å²) < 4.78 is 2.00. The van der Waals surface area contributed by atoms with E-state index in [-0.39, 0.29) is 6.04 Å². The molecule has 3 nitrogen and oxygen atoms in total. The summed E-state index contributed by atoms with van der Waals surface area (Å²) in [6.07, 6.45) is 3.28. The summed E-state index contributed by atoms with van der Waals surface area (Å²) in [5, 5.41) is 9.62. The first-order valence-corrected chi connectivity index (χ1v) is 5.46. The van der Waals surface area contributed by atoms with Crippen LogP contribution < -0.4 is 0 Å². The number of hydrogen-bond donors (Lipinski definition) is 1. The molecule has 1 aromatic carbocycles. The molecular formula is C13H16N2O. The molecule has 0 radical (unpaired) electrons. The van der Waals surface area contributed by atoms with E-state index in [2.05, 4.69) is 4.98 Å². The zero-order valence-electron chi connectivity index (χ0n) is 9.54. The second-order valence-corrected chi connectivity index (χ2v) is 4.01. The van der Waals surface area contributed by atoms with Gasteiger partial charge in [0.2, 0.25) is 0 Å². The number of nitrogens with zero attached hydrogens (tertiary/aromatic N) is 2. The second-order valence-electron chi connectivity index (χ2n) is 4.01. The fourth-order valence-corrected chi connectivity index (χ4v) is 1.68. The van der Waals surface area contributed by atoms with Crippen LogP contribution in [0.25, 0.3) is 11.4 Å². The maximum absolute atomic E-state index is 9.62. The minimum absolute atomic E-state index is 0.0257. The lowest BCUT2D eigenvalue weighted by molar-refractivity contribution is 0.140. The summed E-state index contributed by atoms with van der Waals surface area (Å²) in [5.41, 5.74) is 1.07. The van der Waals surface area contributed by atoms with E-state index in [0.717, 1.165) is 11.4 Å². The lowest BCUT2D eigenvalue weighted by Crippen LogP contribution is -2.18. The van der Waals surface area contributed by atoms with Gasteiger partial charge in [-0.05, 0) is 13.8 Å². The Labute approximate surface area is 95.4 Å². The number of hydrogen-bond acceptors (Lipinski definition) is 2. The van der Waals surface area contributed by atoms with Gasteiger partial charge in [-0.1, -0.05) is 30.3 Å². The van der Waals surface area contributed by atoms with Gasteiger partial charge in [-0.15, -0.1) is 0 Å². The number of imidazole rings is 1. The zero-order valence-corrected chi connectivity index (χ0v) is 9.54. The van der Waals surface area contributed by atoms with E-state index in [0.29, 0.717) is 0 Å². The molecule has 2 atom stereocenters. The first-order chi connectivity index (χ1) is 7.70. The maximum Gasteiger partial charge on any atom is 0.140 e. The standard InChI is InChI=1S/C13H16N2O/c1-10(11(2)16)15-9-8-14-13(15)12-6-4-3-5-7-12/h3-11,16H,1-2H3. The Balaban J connectivity index is 2.40. The van der Waals surface area contributed by atoms with E-state index in [9.17, 15) is 5.11 Å². The smallest absolute Gasteiger partial charge is 0.140 e. The van der Waals surface area contributed by atoms with E-state index in [1.165, 1.54) is 0 Å². The number of aromatic nitrogens is 2. The van der Waals surface area contributed by atoms with Crippen LogP contribution in [0, 0.1) is 0 Å². The Bertz CT molecular complexity index is 448. The highest BCUT2D eigenvalue weighted by Gasteiger charge is 2.15. The molecule has 1 N–H and O–H groups in total. The molecule has 0 saturated carbocycles. The van der Waals surface area contributed by atoms with E-state index >= 15 is 0 Å². The maximum atomic E-state index is 9.62. The van der Waals surface area contributed by atoms with Crippen molar-refractivity contribution in [1.29, 1.82) is 0 Å². The number of aliphatic hydroxyl groups excluding tert-OH is 1.